The van der Waals surface area contributed by atoms with Gasteiger partial charge in [0.05, 0.1) is 22.6 Å². The summed E-state index contributed by atoms with van der Waals surface area (Å²) in [7, 11) is -3.23. The molecule has 0 radical (unpaired) electrons. The van der Waals surface area contributed by atoms with Gasteiger partial charge in [0.25, 0.3) is 0 Å². The van der Waals surface area contributed by atoms with E-state index in [-0.39, 0.29) is 29.3 Å². The first-order valence-corrected chi connectivity index (χ1v) is 7.84. The fourth-order valence-electron chi connectivity index (χ4n) is 2.20. The zero-order chi connectivity index (χ0) is 15.9. The number of halogens is 3. The Balaban J connectivity index is 2.37. The van der Waals surface area contributed by atoms with Crippen LogP contribution in [0, 0.1) is 11.3 Å². The molecule has 1 aliphatic rings. The molecule has 2 rings (SSSR count). The van der Waals surface area contributed by atoms with E-state index in [9.17, 15) is 21.6 Å². The van der Waals surface area contributed by atoms with Crippen LogP contribution in [0.4, 0.5) is 19.0 Å². The Morgan fingerprint density at radius 2 is 2.10 bits per heavy atom. The van der Waals surface area contributed by atoms with Crippen LogP contribution in [-0.4, -0.2) is 30.4 Å². The molecule has 2 heterocycles. The third kappa shape index (κ3) is 3.44. The molecular formula is C12H12F3N3O2S. The average Bonchev–Trinajstić information content (AvgIpc) is 2.62. The summed E-state index contributed by atoms with van der Waals surface area (Å²) < 4.78 is 61.0. The molecule has 0 bridgehead atoms. The van der Waals surface area contributed by atoms with Gasteiger partial charge in [-0.25, -0.2) is 13.4 Å². The van der Waals surface area contributed by atoms with Crippen molar-refractivity contribution in [2.24, 2.45) is 0 Å². The van der Waals surface area contributed by atoms with Crippen LogP contribution in [-0.2, 0) is 16.0 Å². The number of alkyl halides is 3. The molecule has 0 spiro atoms. The minimum absolute atomic E-state index is 0.0443. The van der Waals surface area contributed by atoms with Gasteiger partial charge in [-0.15, -0.1) is 0 Å². The normalized spacial score (nSPS) is 24.5. The van der Waals surface area contributed by atoms with E-state index in [2.05, 4.69) is 10.3 Å². The summed E-state index contributed by atoms with van der Waals surface area (Å²) >= 11 is 0. The first kappa shape index (κ1) is 15.6. The second-order valence-corrected chi connectivity index (χ2v) is 7.41. The highest BCUT2D eigenvalue weighted by Gasteiger charge is 2.40. The number of sulfone groups is 1. The molecule has 5 nitrogen and oxygen atoms in total. The largest absolute Gasteiger partial charge is 0.433 e. The lowest BCUT2D eigenvalue weighted by Crippen LogP contribution is -2.36. The zero-order valence-corrected chi connectivity index (χ0v) is 11.8. The quantitative estimate of drug-likeness (QED) is 0.901. The second-order valence-electron chi connectivity index (χ2n) is 5.23. The lowest BCUT2D eigenvalue weighted by atomic mass is 10.0. The fourth-order valence-corrected chi connectivity index (χ4v) is 4.29. The number of hydrogen-bond acceptors (Lipinski definition) is 5. The van der Waals surface area contributed by atoms with Crippen LogP contribution in [0.2, 0.25) is 0 Å². The molecule has 0 amide bonds. The van der Waals surface area contributed by atoms with Crippen LogP contribution in [0.25, 0.3) is 0 Å². The highest BCUT2D eigenvalue weighted by Crippen LogP contribution is 2.32. The number of aromatic nitrogens is 1. The van der Waals surface area contributed by atoms with Crippen molar-refractivity contribution in [3.63, 3.8) is 0 Å². The fraction of sp³-hybridized carbons (Fsp3) is 0.500. The molecule has 1 fully saturated rings. The summed E-state index contributed by atoms with van der Waals surface area (Å²) in [4.78, 5) is 3.42. The highest BCUT2D eigenvalue weighted by atomic mass is 32.2. The van der Waals surface area contributed by atoms with E-state index in [1.54, 1.807) is 13.0 Å². The van der Waals surface area contributed by atoms with Crippen molar-refractivity contribution in [1.29, 1.82) is 5.26 Å². The Morgan fingerprint density at radius 3 is 2.57 bits per heavy atom. The van der Waals surface area contributed by atoms with Crippen LogP contribution in [0.1, 0.15) is 24.6 Å². The molecule has 1 aliphatic heterocycles. The topological polar surface area (TPSA) is 82.8 Å². The van der Waals surface area contributed by atoms with Gasteiger partial charge >= 0.3 is 6.18 Å². The number of nitrogens with one attached hydrogen (secondary N) is 1. The monoisotopic (exact) mass is 319 g/mol. The maximum absolute atomic E-state index is 12.7. The molecule has 1 saturated heterocycles. The second kappa shape index (κ2) is 4.87. The van der Waals surface area contributed by atoms with E-state index in [1.807, 2.05) is 0 Å². The van der Waals surface area contributed by atoms with Crippen molar-refractivity contribution in [3.8, 4) is 6.07 Å². The summed E-state index contributed by atoms with van der Waals surface area (Å²) in [5, 5.41) is 11.6. The Labute approximate surface area is 119 Å². The molecule has 0 aliphatic carbocycles. The minimum atomic E-state index is -4.63. The first-order valence-electron chi connectivity index (χ1n) is 6.02. The highest BCUT2D eigenvalue weighted by molar-refractivity contribution is 7.91. The number of anilines is 1. The number of hydrogen-bond donors (Lipinski definition) is 1. The number of pyridine rings is 1. The van der Waals surface area contributed by atoms with E-state index >= 15 is 0 Å². The Morgan fingerprint density at radius 1 is 1.43 bits per heavy atom. The van der Waals surface area contributed by atoms with Crippen LogP contribution in [0.3, 0.4) is 0 Å². The van der Waals surface area contributed by atoms with E-state index in [0.29, 0.717) is 0 Å². The predicted molar refractivity (Wildman–Crippen MR) is 69.3 cm³/mol. The molecule has 0 saturated carbocycles. The van der Waals surface area contributed by atoms with Gasteiger partial charge in [-0.3, -0.25) is 0 Å². The van der Waals surface area contributed by atoms with Gasteiger partial charge in [0, 0.05) is 0 Å². The number of nitrogens with zero attached hydrogens (tertiary/aromatic N) is 2. The molecule has 21 heavy (non-hydrogen) atoms. The third-order valence-electron chi connectivity index (χ3n) is 3.23. The summed E-state index contributed by atoms with van der Waals surface area (Å²) in [6.07, 6.45) is -4.38. The lowest BCUT2D eigenvalue weighted by molar-refractivity contribution is -0.141. The van der Waals surface area contributed by atoms with Gasteiger partial charge in [0.15, 0.2) is 9.84 Å². The maximum Gasteiger partial charge on any atom is 0.433 e. The SMILES string of the molecule is CC1(Nc2nc(C(F)(F)F)ccc2C#N)CCS(=O)(=O)C1. The Hall–Kier alpha value is -1.82. The molecule has 114 valence electrons. The molecule has 9 heteroatoms. The van der Waals surface area contributed by atoms with Gasteiger partial charge in [-0.2, -0.15) is 18.4 Å². The van der Waals surface area contributed by atoms with E-state index in [0.717, 1.165) is 12.1 Å². The molecule has 0 aromatic carbocycles. The van der Waals surface area contributed by atoms with Crippen molar-refractivity contribution in [2.75, 3.05) is 16.8 Å². The molecule has 1 unspecified atom stereocenters. The average molecular weight is 319 g/mol. The van der Waals surface area contributed by atoms with Gasteiger partial charge in [0.2, 0.25) is 0 Å². The number of rotatable bonds is 2. The molecule has 1 N–H and O–H groups in total. The molecule has 1 aromatic rings. The Bertz CT molecular complexity index is 709. The summed E-state index contributed by atoms with van der Waals surface area (Å²) in [6, 6.07) is 3.48. The van der Waals surface area contributed by atoms with Crippen LogP contribution in [0.5, 0.6) is 0 Å². The zero-order valence-electron chi connectivity index (χ0n) is 11.0. The van der Waals surface area contributed by atoms with Crippen LogP contribution in [0.15, 0.2) is 12.1 Å². The summed E-state index contributed by atoms with van der Waals surface area (Å²) in [5.41, 5.74) is -2.12. The molecule has 1 atom stereocenters. The van der Waals surface area contributed by atoms with Crippen LogP contribution < -0.4 is 5.32 Å². The third-order valence-corrected chi connectivity index (χ3v) is 5.13. The van der Waals surface area contributed by atoms with Crippen molar-refractivity contribution in [2.45, 2.75) is 25.1 Å². The van der Waals surface area contributed by atoms with Gasteiger partial charge in [-0.1, -0.05) is 0 Å². The predicted octanol–water partition coefficient (Wildman–Crippen LogP) is 1.96. The molecule has 1 aromatic heterocycles. The first-order chi connectivity index (χ1) is 9.55. The molecular weight excluding hydrogens is 307 g/mol. The van der Waals surface area contributed by atoms with Gasteiger partial charge in [0.1, 0.15) is 17.6 Å². The summed E-state index contributed by atoms with van der Waals surface area (Å²) in [6.45, 7) is 1.58. The summed E-state index contributed by atoms with van der Waals surface area (Å²) in [5.74, 6) is -0.493. The standard InChI is InChI=1S/C12H12F3N3O2S/c1-11(4-5-21(19,20)7-11)18-10-8(6-16)2-3-9(17-10)12(13,14)15/h2-3H,4-5,7H2,1H3,(H,17,18). The minimum Gasteiger partial charge on any atom is -0.363 e. The Kier molecular flexibility index (Phi) is 3.61. The lowest BCUT2D eigenvalue weighted by Gasteiger charge is -2.25. The van der Waals surface area contributed by atoms with Crippen molar-refractivity contribution >= 4 is 15.7 Å². The van der Waals surface area contributed by atoms with Gasteiger partial charge in [-0.05, 0) is 25.5 Å². The number of nitriles is 1. The smallest absolute Gasteiger partial charge is 0.363 e. The van der Waals surface area contributed by atoms with Gasteiger partial charge < -0.3 is 5.32 Å². The van der Waals surface area contributed by atoms with E-state index in [4.69, 9.17) is 5.26 Å². The van der Waals surface area contributed by atoms with E-state index < -0.39 is 27.2 Å². The van der Waals surface area contributed by atoms with E-state index in [1.165, 1.54) is 0 Å². The van der Waals surface area contributed by atoms with Crippen molar-refractivity contribution in [1.82, 2.24) is 4.98 Å². The van der Waals surface area contributed by atoms with Crippen molar-refractivity contribution in [3.05, 3.63) is 23.4 Å². The van der Waals surface area contributed by atoms with Crippen molar-refractivity contribution < 1.29 is 21.6 Å². The van der Waals surface area contributed by atoms with Crippen LogP contribution >= 0.6 is 0 Å². The maximum atomic E-state index is 12.7.